The number of nitrogens with one attached hydrogen (secondary N) is 1. The standard InChI is InChI=1S/C17H29NO/c1-13(2)12-18-9-10-19-16-8-7-14(3)11-15(16)17(4,5)6/h7-8,11,13,18H,9-10,12H2,1-6H3. The van der Waals surface area contributed by atoms with Crippen molar-refractivity contribution < 1.29 is 4.74 Å². The molecule has 0 bridgehead atoms. The van der Waals surface area contributed by atoms with Crippen LogP contribution in [0, 0.1) is 12.8 Å². The molecule has 0 heterocycles. The van der Waals surface area contributed by atoms with Crippen LogP contribution in [0.2, 0.25) is 0 Å². The summed E-state index contributed by atoms with van der Waals surface area (Å²) in [6.45, 7) is 15.9. The molecule has 0 aliphatic carbocycles. The molecular formula is C17H29NO. The molecule has 0 radical (unpaired) electrons. The lowest BCUT2D eigenvalue weighted by Crippen LogP contribution is -2.25. The Labute approximate surface area is 118 Å². The third kappa shape index (κ3) is 5.65. The van der Waals surface area contributed by atoms with Crippen LogP contribution in [0.3, 0.4) is 0 Å². The number of aryl methyl sites for hydroxylation is 1. The Hall–Kier alpha value is -1.02. The molecule has 0 unspecified atom stereocenters. The highest BCUT2D eigenvalue weighted by molar-refractivity contribution is 5.41. The number of hydrogen-bond donors (Lipinski definition) is 1. The lowest BCUT2D eigenvalue weighted by atomic mass is 9.85. The zero-order valence-electron chi connectivity index (χ0n) is 13.3. The molecule has 1 N–H and O–H groups in total. The van der Waals surface area contributed by atoms with Gasteiger partial charge in [0.2, 0.25) is 0 Å². The van der Waals surface area contributed by atoms with Crippen LogP contribution in [-0.2, 0) is 5.41 Å². The Morgan fingerprint density at radius 2 is 1.89 bits per heavy atom. The normalized spacial score (nSPS) is 11.9. The number of benzene rings is 1. The predicted octanol–water partition coefficient (Wildman–Crippen LogP) is 3.92. The van der Waals surface area contributed by atoms with Crippen molar-refractivity contribution in [3.05, 3.63) is 29.3 Å². The number of ether oxygens (including phenoxy) is 1. The summed E-state index contributed by atoms with van der Waals surface area (Å²) in [4.78, 5) is 0. The zero-order valence-corrected chi connectivity index (χ0v) is 13.3. The van der Waals surface area contributed by atoms with Crippen LogP contribution in [0.1, 0.15) is 45.7 Å². The molecule has 1 rings (SSSR count). The average Bonchev–Trinajstić information content (AvgIpc) is 2.28. The van der Waals surface area contributed by atoms with E-state index < -0.39 is 0 Å². The van der Waals surface area contributed by atoms with Crippen molar-refractivity contribution >= 4 is 0 Å². The van der Waals surface area contributed by atoms with Crippen molar-refractivity contribution in [2.24, 2.45) is 5.92 Å². The molecule has 0 aliphatic heterocycles. The molecule has 0 fully saturated rings. The maximum atomic E-state index is 5.94. The van der Waals surface area contributed by atoms with Crippen molar-refractivity contribution in [3.8, 4) is 5.75 Å². The fourth-order valence-corrected chi connectivity index (χ4v) is 1.98. The molecule has 0 saturated heterocycles. The van der Waals surface area contributed by atoms with E-state index in [1.807, 2.05) is 0 Å². The molecule has 0 aliphatic rings. The molecular weight excluding hydrogens is 234 g/mol. The van der Waals surface area contributed by atoms with Crippen LogP contribution in [0.5, 0.6) is 5.75 Å². The second kappa shape index (κ2) is 6.95. The monoisotopic (exact) mass is 263 g/mol. The Morgan fingerprint density at radius 3 is 2.47 bits per heavy atom. The lowest BCUT2D eigenvalue weighted by molar-refractivity contribution is 0.303. The minimum absolute atomic E-state index is 0.118. The summed E-state index contributed by atoms with van der Waals surface area (Å²) in [5.74, 6) is 1.70. The second-order valence-electron chi connectivity index (χ2n) is 6.70. The van der Waals surface area contributed by atoms with Gasteiger partial charge in [-0.1, -0.05) is 52.3 Å². The topological polar surface area (TPSA) is 21.3 Å². The fraction of sp³-hybridized carbons (Fsp3) is 0.647. The van der Waals surface area contributed by atoms with E-state index in [1.54, 1.807) is 0 Å². The third-order valence-corrected chi connectivity index (χ3v) is 3.03. The molecule has 1 aromatic rings. The van der Waals surface area contributed by atoms with Gasteiger partial charge in [0.05, 0.1) is 0 Å². The summed E-state index contributed by atoms with van der Waals surface area (Å²) >= 11 is 0. The third-order valence-electron chi connectivity index (χ3n) is 3.03. The Balaban J connectivity index is 2.58. The minimum Gasteiger partial charge on any atom is -0.492 e. The van der Waals surface area contributed by atoms with E-state index in [2.05, 4.69) is 65.1 Å². The first-order valence-corrected chi connectivity index (χ1v) is 7.25. The molecule has 0 aromatic heterocycles. The molecule has 108 valence electrons. The van der Waals surface area contributed by atoms with Crippen molar-refractivity contribution in [2.45, 2.75) is 47.0 Å². The van der Waals surface area contributed by atoms with Gasteiger partial charge in [0, 0.05) is 6.54 Å². The Morgan fingerprint density at radius 1 is 1.21 bits per heavy atom. The summed E-state index contributed by atoms with van der Waals surface area (Å²) in [5, 5.41) is 3.40. The van der Waals surface area contributed by atoms with Crippen LogP contribution in [0.25, 0.3) is 0 Å². The summed E-state index contributed by atoms with van der Waals surface area (Å²) in [6.07, 6.45) is 0. The van der Waals surface area contributed by atoms with Crippen LogP contribution in [0.4, 0.5) is 0 Å². The highest BCUT2D eigenvalue weighted by Crippen LogP contribution is 2.31. The minimum atomic E-state index is 0.118. The van der Waals surface area contributed by atoms with Gasteiger partial charge in [-0.2, -0.15) is 0 Å². The summed E-state index contributed by atoms with van der Waals surface area (Å²) in [7, 11) is 0. The molecule has 2 heteroatoms. The van der Waals surface area contributed by atoms with E-state index in [-0.39, 0.29) is 5.41 Å². The number of hydrogen-bond acceptors (Lipinski definition) is 2. The molecule has 2 nitrogen and oxygen atoms in total. The molecule has 0 atom stereocenters. The first-order chi connectivity index (χ1) is 8.80. The quantitative estimate of drug-likeness (QED) is 0.786. The smallest absolute Gasteiger partial charge is 0.123 e. The van der Waals surface area contributed by atoms with Crippen molar-refractivity contribution in [1.29, 1.82) is 0 Å². The van der Waals surface area contributed by atoms with Crippen LogP contribution >= 0.6 is 0 Å². The van der Waals surface area contributed by atoms with Crippen molar-refractivity contribution in [1.82, 2.24) is 5.32 Å². The van der Waals surface area contributed by atoms with Crippen LogP contribution in [0.15, 0.2) is 18.2 Å². The second-order valence-corrected chi connectivity index (χ2v) is 6.70. The SMILES string of the molecule is Cc1ccc(OCCNCC(C)C)c(C(C)(C)C)c1. The van der Waals surface area contributed by atoms with E-state index in [0.717, 1.165) is 25.4 Å². The first kappa shape index (κ1) is 16.0. The van der Waals surface area contributed by atoms with E-state index in [1.165, 1.54) is 11.1 Å². The van der Waals surface area contributed by atoms with E-state index in [9.17, 15) is 0 Å². The summed E-state index contributed by atoms with van der Waals surface area (Å²) in [5.41, 5.74) is 2.69. The molecule has 0 saturated carbocycles. The maximum absolute atomic E-state index is 5.94. The van der Waals surface area contributed by atoms with Gasteiger partial charge in [0.15, 0.2) is 0 Å². The van der Waals surface area contributed by atoms with Crippen LogP contribution in [-0.4, -0.2) is 19.7 Å². The van der Waals surface area contributed by atoms with Gasteiger partial charge >= 0.3 is 0 Å². The van der Waals surface area contributed by atoms with Crippen LogP contribution < -0.4 is 10.1 Å². The Kier molecular flexibility index (Phi) is 5.86. The molecule has 1 aromatic carbocycles. The lowest BCUT2D eigenvalue weighted by Gasteiger charge is -2.23. The molecule has 0 spiro atoms. The van der Waals surface area contributed by atoms with Gasteiger partial charge in [0.25, 0.3) is 0 Å². The van der Waals surface area contributed by atoms with Gasteiger partial charge in [-0.3, -0.25) is 0 Å². The van der Waals surface area contributed by atoms with E-state index >= 15 is 0 Å². The summed E-state index contributed by atoms with van der Waals surface area (Å²) in [6, 6.07) is 6.45. The largest absolute Gasteiger partial charge is 0.492 e. The van der Waals surface area contributed by atoms with Gasteiger partial charge in [-0.15, -0.1) is 0 Å². The molecule has 19 heavy (non-hydrogen) atoms. The van der Waals surface area contributed by atoms with Gasteiger partial charge < -0.3 is 10.1 Å². The van der Waals surface area contributed by atoms with E-state index in [4.69, 9.17) is 4.74 Å². The van der Waals surface area contributed by atoms with Crippen molar-refractivity contribution in [2.75, 3.05) is 19.7 Å². The first-order valence-electron chi connectivity index (χ1n) is 7.25. The van der Waals surface area contributed by atoms with Gasteiger partial charge in [0.1, 0.15) is 12.4 Å². The highest BCUT2D eigenvalue weighted by atomic mass is 16.5. The van der Waals surface area contributed by atoms with Crippen molar-refractivity contribution in [3.63, 3.8) is 0 Å². The van der Waals surface area contributed by atoms with Gasteiger partial charge in [-0.05, 0) is 36.4 Å². The average molecular weight is 263 g/mol. The Bertz CT molecular complexity index is 391. The molecule has 0 amide bonds. The zero-order chi connectivity index (χ0) is 14.5. The predicted molar refractivity (Wildman–Crippen MR) is 83.1 cm³/mol. The number of rotatable bonds is 6. The summed E-state index contributed by atoms with van der Waals surface area (Å²) < 4.78 is 5.94. The fourth-order valence-electron chi connectivity index (χ4n) is 1.98. The maximum Gasteiger partial charge on any atom is 0.123 e. The van der Waals surface area contributed by atoms with E-state index in [0.29, 0.717) is 5.92 Å². The highest BCUT2D eigenvalue weighted by Gasteiger charge is 2.18. The van der Waals surface area contributed by atoms with Gasteiger partial charge in [-0.25, -0.2) is 0 Å².